The van der Waals surface area contributed by atoms with Gasteiger partial charge in [-0.2, -0.15) is 0 Å². The first-order valence-electron chi connectivity index (χ1n) is 9.59. The molecule has 0 saturated carbocycles. The van der Waals surface area contributed by atoms with Crippen molar-refractivity contribution in [2.75, 3.05) is 32.2 Å². The molecule has 0 fully saturated rings. The molecule has 1 N–H and O–H groups in total. The molecule has 2 aromatic carbocycles. The molecule has 0 aromatic heterocycles. The summed E-state index contributed by atoms with van der Waals surface area (Å²) in [5.74, 6) is 1.02. The van der Waals surface area contributed by atoms with Gasteiger partial charge in [-0.05, 0) is 36.8 Å². The Balaban J connectivity index is 2.00. The number of amides is 1. The fourth-order valence-electron chi connectivity index (χ4n) is 2.62. The Morgan fingerprint density at radius 3 is 2.64 bits per heavy atom. The first-order valence-corrected chi connectivity index (χ1v) is 10.4. The summed E-state index contributed by atoms with van der Waals surface area (Å²) in [5, 5.41) is 2.92. The largest absolute Gasteiger partial charge is 0.494 e. The Kier molecular flexibility index (Phi) is 9.86. The lowest BCUT2D eigenvalue weighted by atomic mass is 10.2. The van der Waals surface area contributed by atoms with Gasteiger partial charge in [-0.3, -0.25) is 4.79 Å². The zero-order chi connectivity index (χ0) is 20.2. The molecule has 0 saturated heterocycles. The summed E-state index contributed by atoms with van der Waals surface area (Å²) in [7, 11) is 1.61. The Morgan fingerprint density at radius 1 is 1.00 bits per heavy atom. The van der Waals surface area contributed by atoms with Crippen molar-refractivity contribution in [3.8, 4) is 11.5 Å². The summed E-state index contributed by atoms with van der Waals surface area (Å²) in [6.07, 6.45) is 4.63. The van der Waals surface area contributed by atoms with Crippen molar-refractivity contribution in [3.05, 3.63) is 52.5 Å². The van der Waals surface area contributed by atoms with E-state index in [1.807, 2.05) is 30.3 Å². The van der Waals surface area contributed by atoms with Crippen LogP contribution in [0.5, 0.6) is 11.5 Å². The molecule has 0 heterocycles. The minimum atomic E-state index is -0.242. The number of anilines is 1. The van der Waals surface area contributed by atoms with Crippen LogP contribution in [-0.4, -0.2) is 32.8 Å². The second-order valence-corrected chi connectivity index (χ2v) is 7.29. The van der Waals surface area contributed by atoms with E-state index in [0.29, 0.717) is 36.8 Å². The van der Waals surface area contributed by atoms with Gasteiger partial charge in [-0.1, -0.05) is 48.2 Å². The van der Waals surface area contributed by atoms with Crippen LogP contribution in [0, 0.1) is 0 Å². The Hall–Kier alpha value is -2.05. The lowest BCUT2D eigenvalue weighted by molar-refractivity contribution is 0.101. The van der Waals surface area contributed by atoms with E-state index in [0.717, 1.165) is 16.6 Å². The van der Waals surface area contributed by atoms with Gasteiger partial charge >= 0.3 is 0 Å². The monoisotopic (exact) mass is 449 g/mol. The summed E-state index contributed by atoms with van der Waals surface area (Å²) in [6.45, 7) is 3.70. The molecule has 0 radical (unpaired) electrons. The molecule has 6 heteroatoms. The standard InChI is InChI=1S/C22H28BrNO4/c1-3-4-5-6-12-27-19-9-7-8-18(16-19)24-22(25)20-15-17(23)10-11-21(20)28-14-13-26-2/h7-11,15-16H,3-6,12-14H2,1-2H3,(H,24,25). The average molecular weight is 450 g/mol. The van der Waals surface area contributed by atoms with Gasteiger partial charge in [0.1, 0.15) is 18.1 Å². The van der Waals surface area contributed by atoms with Crippen LogP contribution in [0.25, 0.3) is 0 Å². The van der Waals surface area contributed by atoms with Crippen LogP contribution in [-0.2, 0) is 4.74 Å². The summed E-state index contributed by atoms with van der Waals surface area (Å²) >= 11 is 3.41. The fraction of sp³-hybridized carbons (Fsp3) is 0.409. The zero-order valence-electron chi connectivity index (χ0n) is 16.5. The molecule has 0 atom stereocenters. The van der Waals surface area contributed by atoms with Crippen molar-refractivity contribution in [2.45, 2.75) is 32.6 Å². The third kappa shape index (κ3) is 7.52. The normalized spacial score (nSPS) is 10.5. The van der Waals surface area contributed by atoms with Crippen molar-refractivity contribution >= 4 is 27.5 Å². The predicted molar refractivity (Wildman–Crippen MR) is 116 cm³/mol. The highest BCUT2D eigenvalue weighted by molar-refractivity contribution is 9.10. The van der Waals surface area contributed by atoms with E-state index >= 15 is 0 Å². The SMILES string of the molecule is CCCCCCOc1cccc(NC(=O)c2cc(Br)ccc2OCCOC)c1. The van der Waals surface area contributed by atoms with Crippen molar-refractivity contribution in [2.24, 2.45) is 0 Å². The second-order valence-electron chi connectivity index (χ2n) is 6.37. The predicted octanol–water partition coefficient (Wildman–Crippen LogP) is 5.69. The number of methoxy groups -OCH3 is 1. The second kappa shape index (κ2) is 12.4. The summed E-state index contributed by atoms with van der Waals surface area (Å²) in [4.78, 5) is 12.8. The number of carbonyl (C=O) groups excluding carboxylic acids is 1. The van der Waals surface area contributed by atoms with E-state index in [1.165, 1.54) is 19.3 Å². The maximum absolute atomic E-state index is 12.8. The molecule has 2 aromatic rings. The summed E-state index contributed by atoms with van der Waals surface area (Å²) in [6, 6.07) is 12.8. The number of nitrogens with one attached hydrogen (secondary N) is 1. The van der Waals surface area contributed by atoms with Crippen LogP contribution in [0.2, 0.25) is 0 Å². The molecule has 0 aliphatic heterocycles. The smallest absolute Gasteiger partial charge is 0.259 e. The average Bonchev–Trinajstić information content (AvgIpc) is 2.69. The minimum Gasteiger partial charge on any atom is -0.494 e. The van der Waals surface area contributed by atoms with Crippen LogP contribution >= 0.6 is 15.9 Å². The molecule has 28 heavy (non-hydrogen) atoms. The van der Waals surface area contributed by atoms with Gasteiger partial charge in [0.25, 0.3) is 5.91 Å². The fourth-order valence-corrected chi connectivity index (χ4v) is 2.98. The van der Waals surface area contributed by atoms with E-state index in [2.05, 4.69) is 28.2 Å². The third-order valence-electron chi connectivity index (χ3n) is 4.09. The molecular weight excluding hydrogens is 422 g/mol. The molecule has 2 rings (SSSR count). The first-order chi connectivity index (χ1) is 13.6. The van der Waals surface area contributed by atoms with E-state index in [9.17, 15) is 4.79 Å². The van der Waals surface area contributed by atoms with E-state index in [4.69, 9.17) is 14.2 Å². The van der Waals surface area contributed by atoms with Crippen LogP contribution in [0.1, 0.15) is 43.0 Å². The molecule has 0 unspecified atom stereocenters. The topological polar surface area (TPSA) is 56.8 Å². The third-order valence-corrected chi connectivity index (χ3v) is 4.58. The van der Waals surface area contributed by atoms with Gasteiger partial charge in [0.05, 0.1) is 18.8 Å². The molecule has 0 aliphatic rings. The molecule has 152 valence electrons. The van der Waals surface area contributed by atoms with Gasteiger partial charge in [0.15, 0.2) is 0 Å². The number of benzene rings is 2. The van der Waals surface area contributed by atoms with Crippen LogP contribution in [0.3, 0.4) is 0 Å². The minimum absolute atomic E-state index is 0.242. The molecule has 0 spiro atoms. The zero-order valence-corrected chi connectivity index (χ0v) is 18.1. The highest BCUT2D eigenvalue weighted by atomic mass is 79.9. The number of hydrogen-bond donors (Lipinski definition) is 1. The number of carbonyl (C=O) groups is 1. The van der Waals surface area contributed by atoms with Crippen molar-refractivity contribution in [1.82, 2.24) is 0 Å². The van der Waals surface area contributed by atoms with Gasteiger partial charge in [-0.25, -0.2) is 0 Å². The first kappa shape index (κ1) is 22.2. The maximum Gasteiger partial charge on any atom is 0.259 e. The Labute approximate surface area is 175 Å². The molecule has 0 bridgehead atoms. The Bertz CT molecular complexity index is 751. The number of unbranched alkanes of at least 4 members (excludes halogenated alkanes) is 3. The molecule has 0 aliphatic carbocycles. The molecule has 5 nitrogen and oxygen atoms in total. The van der Waals surface area contributed by atoms with Gasteiger partial charge in [0.2, 0.25) is 0 Å². The lowest BCUT2D eigenvalue weighted by Crippen LogP contribution is -2.15. The van der Waals surface area contributed by atoms with Gasteiger partial charge in [0, 0.05) is 23.3 Å². The highest BCUT2D eigenvalue weighted by Crippen LogP contribution is 2.25. The van der Waals surface area contributed by atoms with Crippen molar-refractivity contribution in [3.63, 3.8) is 0 Å². The van der Waals surface area contributed by atoms with Crippen LogP contribution in [0.4, 0.5) is 5.69 Å². The van der Waals surface area contributed by atoms with E-state index < -0.39 is 0 Å². The summed E-state index contributed by atoms with van der Waals surface area (Å²) in [5.41, 5.74) is 1.13. The van der Waals surface area contributed by atoms with Crippen molar-refractivity contribution in [1.29, 1.82) is 0 Å². The molecular formula is C22H28BrNO4. The van der Waals surface area contributed by atoms with E-state index in [-0.39, 0.29) is 5.91 Å². The van der Waals surface area contributed by atoms with E-state index in [1.54, 1.807) is 19.2 Å². The molecule has 1 amide bonds. The number of halogens is 1. The number of hydrogen-bond acceptors (Lipinski definition) is 4. The van der Waals surface area contributed by atoms with Gasteiger partial charge in [-0.15, -0.1) is 0 Å². The van der Waals surface area contributed by atoms with Crippen molar-refractivity contribution < 1.29 is 19.0 Å². The number of rotatable bonds is 12. The Morgan fingerprint density at radius 2 is 1.86 bits per heavy atom. The van der Waals surface area contributed by atoms with Gasteiger partial charge < -0.3 is 19.5 Å². The quantitative estimate of drug-likeness (QED) is 0.423. The highest BCUT2D eigenvalue weighted by Gasteiger charge is 2.14. The summed E-state index contributed by atoms with van der Waals surface area (Å²) < 4.78 is 17.3. The number of ether oxygens (including phenoxy) is 3. The lowest BCUT2D eigenvalue weighted by Gasteiger charge is -2.13. The maximum atomic E-state index is 12.8. The van der Waals surface area contributed by atoms with Crippen LogP contribution in [0.15, 0.2) is 46.9 Å². The van der Waals surface area contributed by atoms with Crippen LogP contribution < -0.4 is 14.8 Å².